The Morgan fingerprint density at radius 1 is 1.36 bits per heavy atom. The van der Waals surface area contributed by atoms with Crippen LogP contribution in [0.25, 0.3) is 0 Å². The van der Waals surface area contributed by atoms with E-state index in [9.17, 15) is 4.79 Å². The number of Topliss-reactive ketones (excluding diaryl/α,β-unsaturated/α-hetero) is 1. The van der Waals surface area contributed by atoms with E-state index >= 15 is 0 Å². The first-order valence-corrected chi connectivity index (χ1v) is 4.35. The minimum absolute atomic E-state index is 0.245. The highest BCUT2D eigenvalue weighted by atomic mass is 16.1. The molecule has 0 spiro atoms. The number of ketones is 1. The molecular formula is C9H17NO. The van der Waals surface area contributed by atoms with E-state index in [0.717, 1.165) is 12.8 Å². The van der Waals surface area contributed by atoms with Crippen LogP contribution < -0.4 is 5.73 Å². The van der Waals surface area contributed by atoms with Crippen LogP contribution in [0.4, 0.5) is 0 Å². The summed E-state index contributed by atoms with van der Waals surface area (Å²) in [6.07, 6.45) is 4.51. The molecule has 0 aromatic rings. The van der Waals surface area contributed by atoms with Gasteiger partial charge in [0, 0.05) is 5.92 Å². The Hall–Kier alpha value is -0.370. The van der Waals surface area contributed by atoms with Gasteiger partial charge in [-0.2, -0.15) is 0 Å². The van der Waals surface area contributed by atoms with Crippen molar-refractivity contribution in [3.8, 4) is 0 Å². The Balaban J connectivity index is 2.53. The molecule has 0 aliphatic heterocycles. The first kappa shape index (κ1) is 8.72. The van der Waals surface area contributed by atoms with E-state index in [-0.39, 0.29) is 11.7 Å². The molecular weight excluding hydrogens is 138 g/mol. The van der Waals surface area contributed by atoms with Crippen LogP contribution in [0.2, 0.25) is 0 Å². The van der Waals surface area contributed by atoms with Gasteiger partial charge in [-0.15, -0.1) is 0 Å². The first-order valence-electron chi connectivity index (χ1n) is 4.35. The Morgan fingerprint density at radius 2 is 1.82 bits per heavy atom. The quantitative estimate of drug-likeness (QED) is 0.656. The molecule has 0 atom stereocenters. The lowest BCUT2D eigenvalue weighted by Crippen LogP contribution is -2.44. The third-order valence-corrected chi connectivity index (χ3v) is 2.36. The predicted octanol–water partition coefficient (Wildman–Crippen LogP) is 1.48. The molecule has 1 saturated carbocycles. The fourth-order valence-corrected chi connectivity index (χ4v) is 1.71. The summed E-state index contributed by atoms with van der Waals surface area (Å²) in [6.45, 7) is 3.60. The van der Waals surface area contributed by atoms with Gasteiger partial charge >= 0.3 is 0 Å². The van der Waals surface area contributed by atoms with Crippen LogP contribution in [-0.2, 0) is 4.79 Å². The number of carbonyl (C=O) groups excluding carboxylic acids is 1. The van der Waals surface area contributed by atoms with Gasteiger partial charge in [0.15, 0.2) is 5.78 Å². The number of carbonyl (C=O) groups is 1. The van der Waals surface area contributed by atoms with Crippen molar-refractivity contribution in [1.29, 1.82) is 0 Å². The fourth-order valence-electron chi connectivity index (χ4n) is 1.71. The second kappa shape index (κ2) is 2.94. The topological polar surface area (TPSA) is 43.1 Å². The van der Waals surface area contributed by atoms with E-state index < -0.39 is 5.54 Å². The molecule has 0 saturated heterocycles. The number of nitrogens with two attached hydrogens (primary N) is 1. The number of hydrogen-bond acceptors (Lipinski definition) is 2. The second-order valence-electron chi connectivity index (χ2n) is 4.07. The zero-order valence-electron chi connectivity index (χ0n) is 7.39. The van der Waals surface area contributed by atoms with Gasteiger partial charge in [0.05, 0.1) is 5.54 Å². The molecule has 0 aromatic heterocycles. The van der Waals surface area contributed by atoms with Crippen molar-refractivity contribution in [1.82, 2.24) is 0 Å². The average Bonchev–Trinajstić information content (AvgIpc) is 2.34. The van der Waals surface area contributed by atoms with Crippen molar-refractivity contribution in [2.75, 3.05) is 0 Å². The summed E-state index contributed by atoms with van der Waals surface area (Å²) in [6, 6.07) is 0. The van der Waals surface area contributed by atoms with Crippen molar-refractivity contribution in [3.63, 3.8) is 0 Å². The zero-order chi connectivity index (χ0) is 8.48. The maximum absolute atomic E-state index is 11.5. The van der Waals surface area contributed by atoms with Crippen molar-refractivity contribution in [2.24, 2.45) is 11.7 Å². The minimum Gasteiger partial charge on any atom is -0.319 e. The molecule has 0 heterocycles. The van der Waals surface area contributed by atoms with E-state index in [1.807, 2.05) is 0 Å². The molecule has 0 bridgehead atoms. The van der Waals surface area contributed by atoms with E-state index in [0.29, 0.717) is 0 Å². The fraction of sp³-hybridized carbons (Fsp3) is 0.889. The predicted molar refractivity (Wildman–Crippen MR) is 45.2 cm³/mol. The molecule has 64 valence electrons. The summed E-state index contributed by atoms with van der Waals surface area (Å²) in [5, 5.41) is 0. The van der Waals surface area contributed by atoms with Crippen LogP contribution in [0.3, 0.4) is 0 Å². The number of hydrogen-bond donors (Lipinski definition) is 1. The first-order chi connectivity index (χ1) is 5.02. The van der Waals surface area contributed by atoms with Crippen LogP contribution >= 0.6 is 0 Å². The molecule has 0 radical (unpaired) electrons. The molecule has 1 fully saturated rings. The van der Waals surface area contributed by atoms with Gasteiger partial charge in [-0.05, 0) is 26.7 Å². The molecule has 0 aromatic carbocycles. The van der Waals surface area contributed by atoms with Crippen LogP contribution in [-0.4, -0.2) is 11.3 Å². The van der Waals surface area contributed by atoms with E-state index in [1.54, 1.807) is 13.8 Å². The third-order valence-electron chi connectivity index (χ3n) is 2.36. The maximum atomic E-state index is 11.5. The zero-order valence-corrected chi connectivity index (χ0v) is 7.39. The minimum atomic E-state index is -0.616. The van der Waals surface area contributed by atoms with Crippen LogP contribution in [0, 0.1) is 5.92 Å². The summed E-state index contributed by atoms with van der Waals surface area (Å²) >= 11 is 0. The van der Waals surface area contributed by atoms with Crippen LogP contribution in [0.1, 0.15) is 39.5 Å². The lowest BCUT2D eigenvalue weighted by atomic mass is 9.89. The van der Waals surface area contributed by atoms with Gasteiger partial charge in [0.25, 0.3) is 0 Å². The highest BCUT2D eigenvalue weighted by Gasteiger charge is 2.31. The standard InChI is InChI=1S/C9H17NO/c1-9(2,10)8(11)7-5-3-4-6-7/h7H,3-6,10H2,1-2H3. The van der Waals surface area contributed by atoms with Gasteiger partial charge in [-0.3, -0.25) is 4.79 Å². The van der Waals surface area contributed by atoms with Crippen LogP contribution in [0.5, 0.6) is 0 Å². The molecule has 1 aliphatic rings. The average molecular weight is 155 g/mol. The van der Waals surface area contributed by atoms with Crippen molar-refractivity contribution in [2.45, 2.75) is 45.1 Å². The monoisotopic (exact) mass is 155 g/mol. The number of rotatable bonds is 2. The lowest BCUT2D eigenvalue weighted by molar-refractivity contribution is -0.126. The molecule has 11 heavy (non-hydrogen) atoms. The molecule has 2 N–H and O–H groups in total. The van der Waals surface area contributed by atoms with Gasteiger partial charge in [0.1, 0.15) is 0 Å². The molecule has 1 rings (SSSR count). The maximum Gasteiger partial charge on any atom is 0.155 e. The van der Waals surface area contributed by atoms with Crippen LogP contribution in [0.15, 0.2) is 0 Å². The molecule has 1 aliphatic carbocycles. The second-order valence-corrected chi connectivity index (χ2v) is 4.07. The SMILES string of the molecule is CC(C)(N)C(=O)C1CCCC1. The lowest BCUT2D eigenvalue weighted by Gasteiger charge is -2.20. The summed E-state index contributed by atoms with van der Waals surface area (Å²) < 4.78 is 0. The Morgan fingerprint density at radius 3 is 2.18 bits per heavy atom. The molecule has 0 amide bonds. The van der Waals surface area contributed by atoms with E-state index in [4.69, 9.17) is 5.73 Å². The third kappa shape index (κ3) is 2.03. The Labute approximate surface area is 68.2 Å². The summed E-state index contributed by atoms with van der Waals surface area (Å²) in [5.41, 5.74) is 5.09. The van der Waals surface area contributed by atoms with Crippen molar-refractivity contribution >= 4 is 5.78 Å². The summed E-state index contributed by atoms with van der Waals surface area (Å²) in [4.78, 5) is 11.5. The van der Waals surface area contributed by atoms with Crippen molar-refractivity contribution < 1.29 is 4.79 Å². The van der Waals surface area contributed by atoms with Gasteiger partial charge in [-0.1, -0.05) is 12.8 Å². The van der Waals surface area contributed by atoms with Crippen molar-refractivity contribution in [3.05, 3.63) is 0 Å². The molecule has 2 nitrogen and oxygen atoms in total. The Bertz CT molecular complexity index is 151. The van der Waals surface area contributed by atoms with Gasteiger partial charge < -0.3 is 5.73 Å². The molecule has 2 heteroatoms. The summed E-state index contributed by atoms with van der Waals surface area (Å²) in [5.74, 6) is 0.505. The smallest absolute Gasteiger partial charge is 0.155 e. The normalized spacial score (nSPS) is 20.6. The van der Waals surface area contributed by atoms with E-state index in [2.05, 4.69) is 0 Å². The highest BCUT2D eigenvalue weighted by Crippen LogP contribution is 2.28. The molecule has 0 unspecified atom stereocenters. The summed E-state index contributed by atoms with van der Waals surface area (Å²) in [7, 11) is 0. The van der Waals surface area contributed by atoms with E-state index in [1.165, 1.54) is 12.8 Å². The van der Waals surface area contributed by atoms with Gasteiger partial charge in [0.2, 0.25) is 0 Å². The highest BCUT2D eigenvalue weighted by molar-refractivity contribution is 5.89. The van der Waals surface area contributed by atoms with Gasteiger partial charge in [-0.25, -0.2) is 0 Å². The largest absolute Gasteiger partial charge is 0.319 e. The Kier molecular flexibility index (Phi) is 2.33.